The predicted octanol–water partition coefficient (Wildman–Crippen LogP) is 3.92. The maximum atomic E-state index is 5.86. The molecule has 0 atom stereocenters. The summed E-state index contributed by atoms with van der Waals surface area (Å²) in [6, 6.07) is 13.8. The topological polar surface area (TPSA) is 44.5 Å². The minimum atomic E-state index is 0. The first kappa shape index (κ1) is 16.8. The van der Waals surface area contributed by atoms with E-state index in [-0.39, 0.29) is 12.4 Å². The van der Waals surface area contributed by atoms with E-state index in [1.807, 2.05) is 42.5 Å². The Balaban J connectivity index is 0.00000200. The van der Waals surface area contributed by atoms with Gasteiger partial charge in [0.25, 0.3) is 0 Å². The minimum Gasteiger partial charge on any atom is -0.493 e. The van der Waals surface area contributed by atoms with Crippen LogP contribution in [0.5, 0.6) is 11.5 Å². The van der Waals surface area contributed by atoms with Crippen LogP contribution in [-0.2, 0) is 13.2 Å². The molecule has 2 aromatic rings. The van der Waals surface area contributed by atoms with Gasteiger partial charge in [-0.05, 0) is 33.1 Å². The van der Waals surface area contributed by atoms with Crippen LogP contribution in [0.4, 0.5) is 0 Å². The molecular formula is C15H17BrClNO2. The lowest BCUT2D eigenvalue weighted by molar-refractivity contribution is 0.282. The molecule has 0 radical (unpaired) electrons. The molecule has 3 nitrogen and oxygen atoms in total. The Morgan fingerprint density at radius 1 is 1.10 bits per heavy atom. The highest BCUT2D eigenvalue weighted by atomic mass is 79.9. The van der Waals surface area contributed by atoms with Crippen molar-refractivity contribution in [3.05, 3.63) is 58.1 Å². The van der Waals surface area contributed by atoms with Gasteiger partial charge in [0, 0.05) is 6.54 Å². The molecule has 0 aliphatic carbocycles. The average Bonchev–Trinajstić information content (AvgIpc) is 2.46. The third kappa shape index (κ3) is 3.88. The summed E-state index contributed by atoms with van der Waals surface area (Å²) in [4.78, 5) is 0. The average molecular weight is 359 g/mol. The highest BCUT2D eigenvalue weighted by Gasteiger charge is 2.12. The summed E-state index contributed by atoms with van der Waals surface area (Å²) < 4.78 is 12.0. The van der Waals surface area contributed by atoms with Crippen molar-refractivity contribution >= 4 is 28.3 Å². The highest BCUT2D eigenvalue weighted by Crippen LogP contribution is 2.38. The molecule has 2 N–H and O–H groups in total. The first-order valence-electron chi connectivity index (χ1n) is 5.98. The van der Waals surface area contributed by atoms with Crippen molar-refractivity contribution in [1.29, 1.82) is 0 Å². The number of benzene rings is 2. The van der Waals surface area contributed by atoms with Crippen molar-refractivity contribution in [2.75, 3.05) is 7.11 Å². The SMILES string of the molecule is COc1ccc(CN)c(Br)c1OCc1ccccc1.Cl. The number of halogens is 2. The summed E-state index contributed by atoms with van der Waals surface area (Å²) in [5.74, 6) is 1.38. The van der Waals surface area contributed by atoms with Crippen molar-refractivity contribution < 1.29 is 9.47 Å². The molecule has 108 valence electrons. The molecule has 2 aromatic carbocycles. The standard InChI is InChI=1S/C15H16BrNO2.ClH/c1-18-13-8-7-12(9-17)14(16)15(13)19-10-11-5-3-2-4-6-11;/h2-8H,9-10,17H2,1H3;1H. The van der Waals surface area contributed by atoms with Crippen LogP contribution >= 0.6 is 28.3 Å². The van der Waals surface area contributed by atoms with Gasteiger partial charge in [-0.3, -0.25) is 0 Å². The third-order valence-electron chi connectivity index (χ3n) is 2.81. The van der Waals surface area contributed by atoms with E-state index in [2.05, 4.69) is 15.9 Å². The summed E-state index contributed by atoms with van der Waals surface area (Å²) in [6.45, 7) is 0.941. The molecule has 0 unspecified atom stereocenters. The lowest BCUT2D eigenvalue weighted by atomic mass is 10.2. The second-order valence-corrected chi connectivity index (χ2v) is 4.84. The van der Waals surface area contributed by atoms with Crippen molar-refractivity contribution in [3.63, 3.8) is 0 Å². The summed E-state index contributed by atoms with van der Waals surface area (Å²) in [5, 5.41) is 0. The Bertz CT molecular complexity index is 549. The fourth-order valence-electron chi connectivity index (χ4n) is 1.76. The monoisotopic (exact) mass is 357 g/mol. The van der Waals surface area contributed by atoms with Gasteiger partial charge in [-0.1, -0.05) is 36.4 Å². The van der Waals surface area contributed by atoms with Crippen molar-refractivity contribution in [3.8, 4) is 11.5 Å². The molecule has 0 aliphatic rings. The van der Waals surface area contributed by atoms with Gasteiger partial charge in [0.05, 0.1) is 11.6 Å². The molecule has 2 rings (SSSR count). The van der Waals surface area contributed by atoms with E-state index in [0.717, 1.165) is 15.6 Å². The van der Waals surface area contributed by atoms with Crippen LogP contribution < -0.4 is 15.2 Å². The van der Waals surface area contributed by atoms with Gasteiger partial charge >= 0.3 is 0 Å². The number of methoxy groups -OCH3 is 1. The quantitative estimate of drug-likeness (QED) is 0.881. The van der Waals surface area contributed by atoms with Gasteiger partial charge < -0.3 is 15.2 Å². The van der Waals surface area contributed by atoms with Gasteiger partial charge in [0.15, 0.2) is 11.5 Å². The number of rotatable bonds is 5. The summed E-state index contributed by atoms with van der Waals surface area (Å²) in [5.41, 5.74) is 7.79. The second-order valence-electron chi connectivity index (χ2n) is 4.05. The molecule has 0 bridgehead atoms. The van der Waals surface area contributed by atoms with Crippen LogP contribution in [0.3, 0.4) is 0 Å². The third-order valence-corrected chi connectivity index (χ3v) is 3.68. The molecule has 0 spiro atoms. The van der Waals surface area contributed by atoms with E-state index >= 15 is 0 Å². The highest BCUT2D eigenvalue weighted by molar-refractivity contribution is 9.10. The largest absolute Gasteiger partial charge is 0.493 e. The van der Waals surface area contributed by atoms with Crippen LogP contribution in [0.2, 0.25) is 0 Å². The maximum Gasteiger partial charge on any atom is 0.176 e. The first-order chi connectivity index (χ1) is 9.26. The molecule has 0 aromatic heterocycles. The zero-order chi connectivity index (χ0) is 13.7. The summed E-state index contributed by atoms with van der Waals surface area (Å²) in [7, 11) is 1.62. The summed E-state index contributed by atoms with van der Waals surface area (Å²) in [6.07, 6.45) is 0. The van der Waals surface area contributed by atoms with E-state index in [0.29, 0.717) is 24.7 Å². The van der Waals surface area contributed by atoms with Crippen LogP contribution in [0.1, 0.15) is 11.1 Å². The lowest BCUT2D eigenvalue weighted by Crippen LogP contribution is -2.03. The number of hydrogen-bond donors (Lipinski definition) is 1. The van der Waals surface area contributed by atoms with Crippen LogP contribution in [0, 0.1) is 0 Å². The zero-order valence-electron chi connectivity index (χ0n) is 11.1. The van der Waals surface area contributed by atoms with E-state index in [1.165, 1.54) is 0 Å². The lowest BCUT2D eigenvalue weighted by Gasteiger charge is -2.14. The molecular weight excluding hydrogens is 342 g/mol. The molecule has 0 saturated heterocycles. The number of hydrogen-bond acceptors (Lipinski definition) is 3. The first-order valence-corrected chi connectivity index (χ1v) is 6.77. The van der Waals surface area contributed by atoms with Gasteiger partial charge in [0.2, 0.25) is 0 Å². The zero-order valence-corrected chi connectivity index (χ0v) is 13.5. The fourth-order valence-corrected chi connectivity index (χ4v) is 2.37. The van der Waals surface area contributed by atoms with E-state index < -0.39 is 0 Å². The second kappa shape index (κ2) is 8.15. The smallest absolute Gasteiger partial charge is 0.176 e. The Kier molecular flexibility index (Phi) is 6.85. The van der Waals surface area contributed by atoms with E-state index in [1.54, 1.807) is 7.11 Å². The summed E-state index contributed by atoms with van der Waals surface area (Å²) >= 11 is 3.52. The van der Waals surface area contributed by atoms with Crippen molar-refractivity contribution in [2.24, 2.45) is 5.73 Å². The van der Waals surface area contributed by atoms with Crippen molar-refractivity contribution in [2.45, 2.75) is 13.2 Å². The van der Waals surface area contributed by atoms with Gasteiger partial charge in [0.1, 0.15) is 6.61 Å². The predicted molar refractivity (Wildman–Crippen MR) is 86.6 cm³/mol. The maximum absolute atomic E-state index is 5.86. The molecule has 0 fully saturated rings. The van der Waals surface area contributed by atoms with Gasteiger partial charge in [-0.15, -0.1) is 12.4 Å². The van der Waals surface area contributed by atoms with Gasteiger partial charge in [-0.2, -0.15) is 0 Å². The number of ether oxygens (including phenoxy) is 2. The molecule has 20 heavy (non-hydrogen) atoms. The molecule has 0 aliphatic heterocycles. The van der Waals surface area contributed by atoms with Crippen LogP contribution in [0.25, 0.3) is 0 Å². The van der Waals surface area contributed by atoms with Crippen LogP contribution in [0.15, 0.2) is 46.9 Å². The Morgan fingerprint density at radius 3 is 2.40 bits per heavy atom. The molecule has 0 saturated carbocycles. The van der Waals surface area contributed by atoms with Crippen LogP contribution in [-0.4, -0.2) is 7.11 Å². The normalized spacial score (nSPS) is 9.75. The fraction of sp³-hybridized carbons (Fsp3) is 0.200. The Labute approximate surface area is 133 Å². The molecule has 0 heterocycles. The van der Waals surface area contributed by atoms with E-state index in [4.69, 9.17) is 15.2 Å². The molecule has 5 heteroatoms. The Morgan fingerprint density at radius 2 is 1.80 bits per heavy atom. The Hall–Kier alpha value is -1.23. The van der Waals surface area contributed by atoms with Gasteiger partial charge in [-0.25, -0.2) is 0 Å². The minimum absolute atomic E-state index is 0. The van der Waals surface area contributed by atoms with Crippen molar-refractivity contribution in [1.82, 2.24) is 0 Å². The molecule has 0 amide bonds. The van der Waals surface area contributed by atoms with E-state index in [9.17, 15) is 0 Å². The number of nitrogens with two attached hydrogens (primary N) is 1.